The molecule has 4 nitrogen and oxygen atoms in total. The van der Waals surface area contributed by atoms with E-state index in [2.05, 4.69) is 11.1 Å². The van der Waals surface area contributed by atoms with Gasteiger partial charge in [0.05, 0.1) is 13.2 Å². The highest BCUT2D eigenvalue weighted by Gasteiger charge is 2.41. The van der Waals surface area contributed by atoms with Crippen LogP contribution in [0.15, 0.2) is 12.1 Å². The first-order valence-electron chi connectivity index (χ1n) is 6.00. The number of likely N-dealkylation sites (tertiary alicyclic amines) is 1. The summed E-state index contributed by atoms with van der Waals surface area (Å²) in [6, 6.07) is 1.66. The van der Waals surface area contributed by atoms with E-state index in [4.69, 9.17) is 27.9 Å². The number of hydrogen-bond acceptors (Lipinski definition) is 3. The normalized spacial score (nSPS) is 24.1. The molecule has 2 aliphatic rings. The Bertz CT molecular complexity index is 574. The third-order valence-electron chi connectivity index (χ3n) is 3.69. The van der Waals surface area contributed by atoms with Crippen LogP contribution >= 0.6 is 23.2 Å². The molecule has 3 rings (SSSR count). The average molecular weight is 299 g/mol. The Kier molecular flexibility index (Phi) is 3.15. The molecular weight excluding hydrogens is 287 g/mol. The number of hydrogen-bond donors (Lipinski definition) is 0. The molecule has 1 aromatic heterocycles. The summed E-state index contributed by atoms with van der Waals surface area (Å²) in [6.45, 7) is 0.657. The molecule has 19 heavy (non-hydrogen) atoms. The molecule has 1 aromatic rings. The maximum absolute atomic E-state index is 11.8. The van der Waals surface area contributed by atoms with Gasteiger partial charge in [-0.1, -0.05) is 35.4 Å². The monoisotopic (exact) mass is 298 g/mol. The van der Waals surface area contributed by atoms with Crippen molar-refractivity contribution in [2.75, 3.05) is 13.7 Å². The van der Waals surface area contributed by atoms with Gasteiger partial charge in [-0.05, 0) is 18.1 Å². The second kappa shape index (κ2) is 4.69. The first kappa shape index (κ1) is 12.8. The van der Waals surface area contributed by atoms with Crippen molar-refractivity contribution < 1.29 is 9.53 Å². The fourth-order valence-corrected chi connectivity index (χ4v) is 3.44. The van der Waals surface area contributed by atoms with Gasteiger partial charge in [0.1, 0.15) is 10.3 Å². The third-order valence-corrected chi connectivity index (χ3v) is 4.17. The largest absolute Gasteiger partial charge is 0.453 e. The van der Waals surface area contributed by atoms with E-state index < -0.39 is 0 Å². The van der Waals surface area contributed by atoms with Gasteiger partial charge in [0, 0.05) is 18.0 Å². The van der Waals surface area contributed by atoms with Gasteiger partial charge in [0.25, 0.3) is 0 Å². The second-order valence-electron chi connectivity index (χ2n) is 4.66. The van der Waals surface area contributed by atoms with Gasteiger partial charge in [0.15, 0.2) is 0 Å². The predicted molar refractivity (Wildman–Crippen MR) is 73.3 cm³/mol. The molecular formula is C13H12Cl2N2O2. The molecule has 2 atom stereocenters. The molecule has 1 fully saturated rings. The number of nitrogens with zero attached hydrogens (tertiary/aromatic N) is 2. The number of halogens is 2. The lowest BCUT2D eigenvalue weighted by Crippen LogP contribution is -2.33. The minimum Gasteiger partial charge on any atom is -0.453 e. The van der Waals surface area contributed by atoms with Gasteiger partial charge in [-0.25, -0.2) is 9.78 Å². The quantitative estimate of drug-likeness (QED) is 0.688. The molecule has 0 spiro atoms. The summed E-state index contributed by atoms with van der Waals surface area (Å²) in [5.74, 6) is 0.257. The lowest BCUT2D eigenvalue weighted by molar-refractivity contribution is 0.116. The number of rotatable bonds is 0. The lowest BCUT2D eigenvalue weighted by Gasteiger charge is -2.30. The summed E-state index contributed by atoms with van der Waals surface area (Å²) in [7, 11) is 1.39. The molecule has 0 saturated carbocycles. The van der Waals surface area contributed by atoms with Crippen LogP contribution in [0, 0.1) is 5.92 Å². The number of fused-ring (bicyclic) bond motifs is 3. The fraction of sp³-hybridized carbons (Fsp3) is 0.385. The van der Waals surface area contributed by atoms with Crippen LogP contribution in [0.2, 0.25) is 10.3 Å². The van der Waals surface area contributed by atoms with Gasteiger partial charge < -0.3 is 9.64 Å². The molecule has 0 aromatic carbocycles. The van der Waals surface area contributed by atoms with Crippen molar-refractivity contribution in [2.45, 2.75) is 12.5 Å². The minimum absolute atomic E-state index is 0.107. The first-order chi connectivity index (χ1) is 9.11. The molecule has 1 amide bonds. The number of amides is 1. The summed E-state index contributed by atoms with van der Waals surface area (Å²) in [6.07, 6.45) is 4.66. The molecule has 0 bridgehead atoms. The van der Waals surface area contributed by atoms with Crippen LogP contribution in [0.1, 0.15) is 23.6 Å². The maximum atomic E-state index is 11.8. The summed E-state index contributed by atoms with van der Waals surface area (Å²) in [5.41, 5.74) is 1.78. The van der Waals surface area contributed by atoms with Crippen LogP contribution in [0.4, 0.5) is 4.79 Å². The van der Waals surface area contributed by atoms with E-state index in [0.29, 0.717) is 16.9 Å². The highest BCUT2D eigenvalue weighted by Crippen LogP contribution is 2.46. The number of carbonyl (C=O) groups excluding carboxylic acids is 1. The van der Waals surface area contributed by atoms with Crippen LogP contribution < -0.4 is 0 Å². The van der Waals surface area contributed by atoms with E-state index in [-0.39, 0.29) is 18.1 Å². The SMILES string of the molecule is COC(=O)N1CC[C@@H]2C=Cc3cc(Cl)nc(Cl)c3[C@@H]21. The Labute approximate surface area is 121 Å². The van der Waals surface area contributed by atoms with Crippen molar-refractivity contribution in [3.05, 3.63) is 33.6 Å². The van der Waals surface area contributed by atoms with E-state index in [0.717, 1.165) is 17.5 Å². The van der Waals surface area contributed by atoms with E-state index in [1.54, 1.807) is 11.0 Å². The average Bonchev–Trinajstić information content (AvgIpc) is 2.80. The molecule has 1 aliphatic carbocycles. The van der Waals surface area contributed by atoms with Crippen molar-refractivity contribution in [1.82, 2.24) is 9.88 Å². The van der Waals surface area contributed by atoms with Gasteiger partial charge >= 0.3 is 6.09 Å². The topological polar surface area (TPSA) is 42.4 Å². The summed E-state index contributed by atoms with van der Waals surface area (Å²) < 4.78 is 4.84. The lowest BCUT2D eigenvalue weighted by atomic mass is 9.86. The third kappa shape index (κ3) is 1.99. The van der Waals surface area contributed by atoms with Crippen molar-refractivity contribution in [3.63, 3.8) is 0 Å². The molecule has 0 radical (unpaired) electrons. The Morgan fingerprint density at radius 2 is 2.32 bits per heavy atom. The fourth-order valence-electron chi connectivity index (χ4n) is 2.88. The van der Waals surface area contributed by atoms with E-state index >= 15 is 0 Å². The van der Waals surface area contributed by atoms with E-state index in [1.165, 1.54) is 7.11 Å². The highest BCUT2D eigenvalue weighted by atomic mass is 35.5. The Morgan fingerprint density at radius 1 is 1.53 bits per heavy atom. The standard InChI is InChI=1S/C13H12Cl2N2O2/c1-19-13(18)17-5-4-7-2-3-8-6-9(14)16-12(15)10(8)11(7)17/h2-3,6-7,11H,4-5H2,1H3/t7-,11+/m0/s1. The Hall–Kier alpha value is -1.26. The maximum Gasteiger partial charge on any atom is 0.410 e. The number of aromatic nitrogens is 1. The molecule has 0 unspecified atom stereocenters. The van der Waals surface area contributed by atoms with Gasteiger partial charge in [-0.3, -0.25) is 0 Å². The molecule has 2 heterocycles. The van der Waals surface area contributed by atoms with Gasteiger partial charge in [-0.15, -0.1) is 0 Å². The number of pyridine rings is 1. The molecule has 6 heteroatoms. The smallest absolute Gasteiger partial charge is 0.410 e. The van der Waals surface area contributed by atoms with Crippen molar-refractivity contribution in [2.24, 2.45) is 5.92 Å². The number of ether oxygens (including phenoxy) is 1. The van der Waals surface area contributed by atoms with Crippen LogP contribution in [-0.2, 0) is 4.74 Å². The second-order valence-corrected chi connectivity index (χ2v) is 5.40. The molecule has 1 saturated heterocycles. The predicted octanol–water partition coefficient (Wildman–Crippen LogP) is 3.54. The van der Waals surface area contributed by atoms with E-state index in [1.807, 2.05) is 6.08 Å². The van der Waals surface area contributed by atoms with Crippen molar-refractivity contribution >= 4 is 35.4 Å². The first-order valence-corrected chi connectivity index (χ1v) is 6.76. The van der Waals surface area contributed by atoms with Crippen molar-refractivity contribution in [1.29, 1.82) is 0 Å². The molecule has 0 N–H and O–H groups in total. The van der Waals surface area contributed by atoms with E-state index in [9.17, 15) is 4.79 Å². The summed E-state index contributed by atoms with van der Waals surface area (Å²) in [4.78, 5) is 17.6. The Balaban J connectivity index is 2.10. The van der Waals surface area contributed by atoms with Crippen LogP contribution in [0.3, 0.4) is 0 Å². The highest BCUT2D eigenvalue weighted by molar-refractivity contribution is 6.33. The van der Waals surface area contributed by atoms with Crippen LogP contribution in [0.5, 0.6) is 0 Å². The zero-order valence-corrected chi connectivity index (χ0v) is 11.8. The van der Waals surface area contributed by atoms with Crippen LogP contribution in [-0.4, -0.2) is 29.6 Å². The molecule has 1 aliphatic heterocycles. The number of carbonyl (C=O) groups is 1. The zero-order chi connectivity index (χ0) is 13.6. The number of methoxy groups -OCH3 is 1. The summed E-state index contributed by atoms with van der Waals surface area (Å²) in [5, 5.41) is 0.715. The summed E-state index contributed by atoms with van der Waals surface area (Å²) >= 11 is 12.1. The minimum atomic E-state index is -0.334. The molecule has 100 valence electrons. The van der Waals surface area contributed by atoms with Gasteiger partial charge in [0.2, 0.25) is 0 Å². The zero-order valence-electron chi connectivity index (χ0n) is 10.3. The van der Waals surface area contributed by atoms with Crippen LogP contribution in [0.25, 0.3) is 6.08 Å². The van der Waals surface area contributed by atoms with Gasteiger partial charge in [-0.2, -0.15) is 0 Å². The van der Waals surface area contributed by atoms with Crippen molar-refractivity contribution in [3.8, 4) is 0 Å². The Morgan fingerprint density at radius 3 is 3.05 bits per heavy atom.